The van der Waals surface area contributed by atoms with Crippen molar-refractivity contribution in [2.45, 2.75) is 0 Å². The summed E-state index contributed by atoms with van der Waals surface area (Å²) in [6.07, 6.45) is 1.31. The van der Waals surface area contributed by atoms with Crippen molar-refractivity contribution in [1.29, 1.82) is 0 Å². The summed E-state index contributed by atoms with van der Waals surface area (Å²) in [6.45, 7) is 0. The summed E-state index contributed by atoms with van der Waals surface area (Å²) in [5, 5.41) is 21.1. The van der Waals surface area contributed by atoms with Crippen molar-refractivity contribution >= 4 is 67.6 Å². The van der Waals surface area contributed by atoms with Gasteiger partial charge in [0.05, 0.1) is 20.0 Å². The van der Waals surface area contributed by atoms with E-state index in [9.17, 15) is 24.4 Å². The molecule has 6 nitrogen and oxygen atoms in total. The minimum Gasteiger partial charge on any atom is -0.506 e. The summed E-state index contributed by atoms with van der Waals surface area (Å²) < 4.78 is 13.7. The van der Waals surface area contributed by atoms with Gasteiger partial charge >= 0.3 is 0 Å². The van der Waals surface area contributed by atoms with E-state index in [1.54, 1.807) is 0 Å². The zero-order valence-corrected chi connectivity index (χ0v) is 15.9. The summed E-state index contributed by atoms with van der Waals surface area (Å²) in [5.74, 6) is -1.26. The minimum atomic E-state index is -0.612. The Morgan fingerprint density at radius 3 is 2.73 bits per heavy atom. The van der Waals surface area contributed by atoms with Gasteiger partial charge in [0, 0.05) is 17.7 Å². The number of carbonyl (C=O) groups excluding carboxylic acids is 1. The molecule has 0 unspecified atom stereocenters. The van der Waals surface area contributed by atoms with Crippen molar-refractivity contribution in [3.05, 3.63) is 67.3 Å². The van der Waals surface area contributed by atoms with Gasteiger partial charge in [-0.15, -0.1) is 0 Å². The molecule has 0 atom stereocenters. The van der Waals surface area contributed by atoms with Crippen molar-refractivity contribution in [1.82, 2.24) is 0 Å². The number of phenols is 1. The number of aromatic hydroxyl groups is 1. The van der Waals surface area contributed by atoms with Crippen LogP contribution in [0.15, 0.2) is 45.8 Å². The van der Waals surface area contributed by atoms with Gasteiger partial charge in [0.2, 0.25) is 0 Å². The summed E-state index contributed by atoms with van der Waals surface area (Å²) in [4.78, 5) is 24.3. The number of halogens is 2. The lowest BCUT2D eigenvalue weighted by Crippen LogP contribution is -2.27. The van der Waals surface area contributed by atoms with Crippen molar-refractivity contribution in [3.63, 3.8) is 0 Å². The van der Waals surface area contributed by atoms with E-state index in [4.69, 9.17) is 12.2 Å². The number of phenolic OH excluding ortho intramolecular Hbond substituents is 1. The largest absolute Gasteiger partial charge is 0.506 e. The molecule has 1 saturated heterocycles. The molecule has 2 aromatic rings. The van der Waals surface area contributed by atoms with Crippen LogP contribution in [0.25, 0.3) is 6.08 Å². The van der Waals surface area contributed by atoms with E-state index >= 15 is 0 Å². The number of anilines is 1. The monoisotopic (exact) mass is 454 g/mol. The SMILES string of the molecule is O=C1C(=Cc2cc([N+](=O)[O-])cc(Br)c2O)SC(=S)N1c1cccc(F)c1. The molecule has 0 aromatic heterocycles. The Bertz CT molecular complexity index is 996. The van der Waals surface area contributed by atoms with Crippen molar-refractivity contribution in [3.8, 4) is 5.75 Å². The number of nitro benzene ring substituents is 1. The molecule has 1 fully saturated rings. The highest BCUT2D eigenvalue weighted by Crippen LogP contribution is 2.39. The normalized spacial score (nSPS) is 15.8. The fourth-order valence-corrected chi connectivity index (χ4v) is 4.02. The Balaban J connectivity index is 2.02. The van der Waals surface area contributed by atoms with Gasteiger partial charge in [-0.1, -0.05) is 30.0 Å². The molecule has 0 bridgehead atoms. The zero-order chi connectivity index (χ0) is 19.0. The molecule has 10 heteroatoms. The molecule has 0 spiro atoms. The smallest absolute Gasteiger partial charge is 0.271 e. The number of hydrogen-bond donors (Lipinski definition) is 1. The minimum absolute atomic E-state index is 0.0887. The molecule has 0 radical (unpaired) electrons. The molecule has 26 heavy (non-hydrogen) atoms. The van der Waals surface area contributed by atoms with E-state index in [-0.39, 0.29) is 36.4 Å². The lowest BCUT2D eigenvalue weighted by molar-refractivity contribution is -0.385. The molecule has 1 aliphatic rings. The summed E-state index contributed by atoms with van der Waals surface area (Å²) in [5.41, 5.74) is 0.118. The third-order valence-electron chi connectivity index (χ3n) is 3.44. The quantitative estimate of drug-likeness (QED) is 0.315. The third kappa shape index (κ3) is 3.48. The highest BCUT2D eigenvalue weighted by atomic mass is 79.9. The summed E-state index contributed by atoms with van der Waals surface area (Å²) in [6, 6.07) is 7.72. The Labute approximate surface area is 164 Å². The van der Waals surface area contributed by atoms with Gasteiger partial charge in [0.25, 0.3) is 11.6 Å². The lowest BCUT2D eigenvalue weighted by Gasteiger charge is -2.14. The van der Waals surface area contributed by atoms with Crippen molar-refractivity contribution < 1.29 is 19.2 Å². The van der Waals surface area contributed by atoms with Crippen LogP contribution in [0.1, 0.15) is 5.56 Å². The fraction of sp³-hybridized carbons (Fsp3) is 0. The van der Waals surface area contributed by atoms with Crippen LogP contribution in [-0.2, 0) is 4.79 Å². The highest BCUT2D eigenvalue weighted by molar-refractivity contribution is 9.10. The van der Waals surface area contributed by atoms with Crippen LogP contribution < -0.4 is 4.90 Å². The van der Waals surface area contributed by atoms with Gasteiger partial charge in [-0.2, -0.15) is 0 Å². The Morgan fingerprint density at radius 1 is 1.35 bits per heavy atom. The van der Waals surface area contributed by atoms with Gasteiger partial charge in [-0.3, -0.25) is 19.8 Å². The molecule has 3 rings (SSSR count). The first-order valence-corrected chi connectivity index (χ1v) is 9.00. The van der Waals surface area contributed by atoms with E-state index in [1.165, 1.54) is 35.2 Å². The number of hydrogen-bond acceptors (Lipinski definition) is 6. The predicted molar refractivity (Wildman–Crippen MR) is 105 cm³/mol. The van der Waals surface area contributed by atoms with Crippen LogP contribution in [0.4, 0.5) is 15.8 Å². The van der Waals surface area contributed by atoms with Gasteiger partial charge in [0.15, 0.2) is 4.32 Å². The average Bonchev–Trinajstić information content (AvgIpc) is 2.85. The highest BCUT2D eigenvalue weighted by Gasteiger charge is 2.33. The molecule has 1 N–H and O–H groups in total. The van der Waals surface area contributed by atoms with Gasteiger partial charge in [-0.05, 0) is 40.2 Å². The fourth-order valence-electron chi connectivity index (χ4n) is 2.27. The Hall–Kier alpha value is -2.30. The Morgan fingerprint density at radius 2 is 2.08 bits per heavy atom. The second-order valence-electron chi connectivity index (χ2n) is 5.12. The maximum Gasteiger partial charge on any atom is 0.271 e. The van der Waals surface area contributed by atoms with Crippen molar-refractivity contribution in [2.24, 2.45) is 0 Å². The number of nitro groups is 1. The average molecular weight is 455 g/mol. The standard InChI is InChI=1S/C16H8BrFN2O4S2/c17-12-7-11(20(23)24)4-8(14(12)21)5-13-15(22)19(16(25)26-13)10-3-1-2-9(18)6-10/h1-7,21H. The summed E-state index contributed by atoms with van der Waals surface area (Å²) >= 11 is 9.19. The molecule has 1 aliphatic heterocycles. The van der Waals surface area contributed by atoms with Crippen LogP contribution in [0.3, 0.4) is 0 Å². The first-order valence-electron chi connectivity index (χ1n) is 6.98. The van der Waals surface area contributed by atoms with Gasteiger partial charge < -0.3 is 5.11 Å². The van der Waals surface area contributed by atoms with Crippen LogP contribution in [-0.4, -0.2) is 20.3 Å². The summed E-state index contributed by atoms with van der Waals surface area (Å²) in [7, 11) is 0. The van der Waals surface area contributed by atoms with Crippen LogP contribution >= 0.6 is 39.9 Å². The first-order chi connectivity index (χ1) is 12.3. The molecule has 1 amide bonds. The first kappa shape index (κ1) is 18.5. The van der Waals surface area contributed by atoms with Gasteiger partial charge in [0.1, 0.15) is 11.6 Å². The van der Waals surface area contributed by atoms with Crippen LogP contribution in [0, 0.1) is 15.9 Å². The van der Waals surface area contributed by atoms with E-state index in [1.807, 2.05) is 0 Å². The second kappa shape index (κ2) is 7.14. The van der Waals surface area contributed by atoms with E-state index in [0.717, 1.165) is 23.9 Å². The van der Waals surface area contributed by atoms with Crippen LogP contribution in [0.2, 0.25) is 0 Å². The number of benzene rings is 2. The van der Waals surface area contributed by atoms with E-state index < -0.39 is 16.6 Å². The molecule has 2 aromatic carbocycles. The van der Waals surface area contributed by atoms with Gasteiger partial charge in [-0.25, -0.2) is 4.39 Å². The van der Waals surface area contributed by atoms with Crippen LogP contribution in [0.5, 0.6) is 5.75 Å². The number of amides is 1. The number of carbonyl (C=O) groups is 1. The molecule has 0 saturated carbocycles. The molecule has 0 aliphatic carbocycles. The van der Waals surface area contributed by atoms with E-state index in [0.29, 0.717) is 0 Å². The number of nitrogens with zero attached hydrogens (tertiary/aromatic N) is 2. The number of thioether (sulfide) groups is 1. The van der Waals surface area contributed by atoms with Crippen molar-refractivity contribution in [2.75, 3.05) is 4.90 Å². The lowest BCUT2D eigenvalue weighted by atomic mass is 10.1. The second-order valence-corrected chi connectivity index (χ2v) is 7.65. The molecule has 132 valence electrons. The number of thiocarbonyl (C=S) groups is 1. The predicted octanol–water partition coefficient (Wildman–Crippen LogP) is 4.61. The molecular weight excluding hydrogens is 447 g/mol. The molecule has 1 heterocycles. The Kier molecular flexibility index (Phi) is 5.08. The number of rotatable bonds is 3. The van der Waals surface area contributed by atoms with E-state index in [2.05, 4.69) is 15.9 Å². The number of non-ortho nitro benzene ring substituents is 1. The molecular formula is C16H8BrFN2O4S2. The topological polar surface area (TPSA) is 83.7 Å². The maximum atomic E-state index is 13.4. The third-order valence-corrected chi connectivity index (χ3v) is 5.34. The zero-order valence-electron chi connectivity index (χ0n) is 12.7. The maximum absolute atomic E-state index is 13.4.